The maximum absolute atomic E-state index is 11.8. The number of hydrogen-bond donors (Lipinski definition) is 7. The molecule has 1 aromatic carbocycles. The van der Waals surface area contributed by atoms with Crippen LogP contribution in [0.2, 0.25) is 0 Å². The van der Waals surface area contributed by atoms with Crippen LogP contribution in [0.5, 0.6) is 0 Å². The van der Waals surface area contributed by atoms with Crippen molar-refractivity contribution in [1.29, 1.82) is 0 Å². The number of unbranched alkanes of at least 4 members (excludes halogenated alkanes) is 2. The molecule has 0 atom stereocenters. The van der Waals surface area contributed by atoms with Gasteiger partial charge in [-0.15, -0.1) is 0 Å². The molecule has 6 amide bonds. The van der Waals surface area contributed by atoms with Gasteiger partial charge in [0.05, 0.1) is 13.2 Å². The van der Waals surface area contributed by atoms with Crippen molar-refractivity contribution < 1.29 is 28.7 Å². The lowest BCUT2D eigenvalue weighted by Gasteiger charge is -2.08. The Morgan fingerprint density at radius 3 is 1.93 bits per heavy atom. The molecule has 0 aliphatic rings. The van der Waals surface area contributed by atoms with E-state index in [1.807, 2.05) is 37.3 Å². The maximum Gasteiger partial charge on any atom is 0.312 e. The van der Waals surface area contributed by atoms with Crippen LogP contribution in [0.25, 0.3) is 0 Å². The summed E-state index contributed by atoms with van der Waals surface area (Å²) in [5.41, 5.74) is 26.1. The van der Waals surface area contributed by atoms with E-state index in [9.17, 15) is 14.4 Å². The normalized spacial score (nSPS) is 9.49. The highest BCUT2D eigenvalue weighted by atomic mass is 16.5. The van der Waals surface area contributed by atoms with Crippen LogP contribution >= 0.6 is 0 Å². The number of nitrogens with two attached hydrogens (primary N) is 5. The van der Waals surface area contributed by atoms with Gasteiger partial charge in [0.25, 0.3) is 0 Å². The van der Waals surface area contributed by atoms with Crippen molar-refractivity contribution in [3.63, 3.8) is 0 Å². The van der Waals surface area contributed by atoms with Crippen molar-refractivity contribution in [2.45, 2.75) is 72.3 Å². The zero-order valence-electron chi connectivity index (χ0n) is 27.3. The quantitative estimate of drug-likeness (QED) is 0.0764. The van der Waals surface area contributed by atoms with Crippen molar-refractivity contribution in [2.75, 3.05) is 25.0 Å². The number of ether oxygens (including phenoxy) is 1. The number of allylic oxidation sites excluding steroid dienone is 2. The van der Waals surface area contributed by atoms with Crippen molar-refractivity contribution >= 4 is 36.4 Å². The van der Waals surface area contributed by atoms with Crippen molar-refractivity contribution in [2.24, 2.45) is 34.6 Å². The second-order valence-electron chi connectivity index (χ2n) is 9.48. The van der Waals surface area contributed by atoms with E-state index in [1.54, 1.807) is 12.2 Å². The Kier molecular flexibility index (Phi) is 39.6. The number of benzene rings is 1. The molecule has 0 heterocycles. The maximum atomic E-state index is 11.8. The minimum atomic E-state index is -0.443. The Labute approximate surface area is 269 Å². The molecule has 0 saturated carbocycles. The predicted molar refractivity (Wildman–Crippen MR) is 182 cm³/mol. The third-order valence-corrected chi connectivity index (χ3v) is 4.99. The van der Waals surface area contributed by atoms with Crippen LogP contribution in [0.1, 0.15) is 71.3 Å². The minimum Gasteiger partial charge on any atom is -0.372 e. The molecule has 45 heavy (non-hydrogen) atoms. The van der Waals surface area contributed by atoms with E-state index in [1.165, 1.54) is 0 Å². The highest BCUT2D eigenvalue weighted by Crippen LogP contribution is 2.13. The average Bonchev–Trinajstić information content (AvgIpc) is 2.99. The van der Waals surface area contributed by atoms with Gasteiger partial charge < -0.3 is 44.0 Å². The first-order valence-electron chi connectivity index (χ1n) is 14.6. The summed E-state index contributed by atoms with van der Waals surface area (Å²) in [7, 11) is 0. The molecular weight excluding hydrogens is 578 g/mol. The first-order chi connectivity index (χ1) is 21.4. The highest BCUT2D eigenvalue weighted by molar-refractivity contribution is 5.90. The largest absolute Gasteiger partial charge is 0.372 e. The SMILES string of the molecule is C=C/C=C(\C=C)COCc1ccc(NC(=O)CCC(C)C)cc1.CCCNC(N)=O.NC=O.NC=O.NCCCCCC(N)=O. The van der Waals surface area contributed by atoms with Gasteiger partial charge in [0, 0.05) is 25.1 Å². The number of rotatable bonds is 17. The summed E-state index contributed by atoms with van der Waals surface area (Å²) in [6, 6.07) is 7.29. The zero-order valence-corrected chi connectivity index (χ0v) is 27.3. The summed E-state index contributed by atoms with van der Waals surface area (Å²) in [6.45, 7) is 16.0. The number of hydrogen-bond acceptors (Lipinski definition) is 7. The molecule has 0 spiro atoms. The standard InChI is InChI=1S/C20H27NO2.C6H14N2O.C4H10N2O.2CH3NO/c1-5-7-17(6-2)14-23-15-18-9-11-19(12-10-18)21-20(22)13-8-16(3)4;7-5-3-1-2-4-6(8)9;1-2-3-6-4(5)7;2*2-1-3/h5-7,9-12,16H,1-2,8,13-15H2,3-4H3,(H,21,22);1-5,7H2,(H2,8,9);2-3H2,1H3,(H3,5,6,7);2*1H,(H2,2,3)/b17-7+;;;;. The van der Waals surface area contributed by atoms with Gasteiger partial charge in [-0.25, -0.2) is 4.79 Å². The first kappa shape index (κ1) is 47.4. The van der Waals surface area contributed by atoms with Gasteiger partial charge in [0.1, 0.15) is 0 Å². The third-order valence-electron chi connectivity index (χ3n) is 4.99. The number of amides is 6. The lowest BCUT2D eigenvalue weighted by molar-refractivity contribution is -0.118. The molecule has 1 aromatic rings. The lowest BCUT2D eigenvalue weighted by atomic mass is 10.1. The summed E-state index contributed by atoms with van der Waals surface area (Å²) in [5.74, 6) is 0.385. The molecule has 0 aromatic heterocycles. The van der Waals surface area contributed by atoms with E-state index in [2.05, 4.69) is 49.1 Å². The minimum absolute atomic E-state index is 0.0629. The fourth-order valence-corrected chi connectivity index (χ4v) is 2.81. The topological polar surface area (TPSA) is 249 Å². The second kappa shape index (κ2) is 37.5. The fraction of sp³-hybridized carbons (Fsp3) is 0.469. The highest BCUT2D eigenvalue weighted by Gasteiger charge is 2.04. The van der Waals surface area contributed by atoms with Gasteiger partial charge in [-0.05, 0) is 61.4 Å². The van der Waals surface area contributed by atoms with Gasteiger partial charge >= 0.3 is 6.03 Å². The van der Waals surface area contributed by atoms with Crippen LogP contribution in [-0.2, 0) is 30.5 Å². The molecule has 12 N–H and O–H groups in total. The van der Waals surface area contributed by atoms with E-state index in [4.69, 9.17) is 31.5 Å². The van der Waals surface area contributed by atoms with Crippen LogP contribution in [-0.4, -0.2) is 50.4 Å². The van der Waals surface area contributed by atoms with Crippen molar-refractivity contribution in [3.05, 3.63) is 66.8 Å². The van der Waals surface area contributed by atoms with Gasteiger partial charge in [0.15, 0.2) is 0 Å². The summed E-state index contributed by atoms with van der Waals surface area (Å²) in [4.78, 5) is 49.0. The van der Waals surface area contributed by atoms with Crippen LogP contribution in [0.3, 0.4) is 0 Å². The molecule has 0 fully saturated rings. The average molecular weight is 636 g/mol. The number of anilines is 1. The molecule has 256 valence electrons. The van der Waals surface area contributed by atoms with Gasteiger partial charge in [0.2, 0.25) is 24.6 Å². The lowest BCUT2D eigenvalue weighted by Crippen LogP contribution is -2.29. The molecule has 13 heteroatoms. The Hall–Kier alpha value is -4.49. The van der Waals surface area contributed by atoms with E-state index in [0.717, 1.165) is 48.9 Å². The molecule has 0 saturated heterocycles. The molecule has 0 aliphatic carbocycles. The van der Waals surface area contributed by atoms with Crippen molar-refractivity contribution in [1.82, 2.24) is 5.32 Å². The van der Waals surface area contributed by atoms with Crippen LogP contribution < -0.4 is 39.3 Å². The smallest absolute Gasteiger partial charge is 0.312 e. The van der Waals surface area contributed by atoms with Crippen molar-refractivity contribution in [3.8, 4) is 0 Å². The summed E-state index contributed by atoms with van der Waals surface area (Å²) in [5, 5.41) is 5.35. The number of carbonyl (C=O) groups is 5. The Bertz CT molecular complexity index is 946. The number of primary amides is 4. The Morgan fingerprint density at radius 1 is 0.956 bits per heavy atom. The first-order valence-corrected chi connectivity index (χ1v) is 14.6. The molecule has 13 nitrogen and oxygen atoms in total. The number of nitrogens with one attached hydrogen (secondary N) is 2. The molecule has 0 aliphatic heterocycles. The molecule has 0 radical (unpaired) electrons. The molecule has 0 bridgehead atoms. The van der Waals surface area contributed by atoms with Crippen LogP contribution in [0.4, 0.5) is 10.5 Å². The molecular formula is C32H57N7O6. The summed E-state index contributed by atoms with van der Waals surface area (Å²) < 4.78 is 5.64. The second-order valence-corrected chi connectivity index (χ2v) is 9.48. The Morgan fingerprint density at radius 2 is 1.53 bits per heavy atom. The van der Waals surface area contributed by atoms with E-state index in [0.29, 0.717) is 45.1 Å². The van der Waals surface area contributed by atoms with Gasteiger partial charge in [-0.3, -0.25) is 19.2 Å². The fourth-order valence-electron chi connectivity index (χ4n) is 2.81. The summed E-state index contributed by atoms with van der Waals surface area (Å²) >= 11 is 0. The van der Waals surface area contributed by atoms with E-state index >= 15 is 0 Å². The number of carbonyl (C=O) groups excluding carboxylic acids is 5. The number of urea groups is 1. The Balaban J connectivity index is -0.000000312. The van der Waals surface area contributed by atoms with Gasteiger partial charge in [-0.1, -0.05) is 70.7 Å². The third kappa shape index (κ3) is 44.1. The van der Waals surface area contributed by atoms with Crippen LogP contribution in [0, 0.1) is 5.92 Å². The predicted octanol–water partition coefficient (Wildman–Crippen LogP) is 3.13. The van der Waals surface area contributed by atoms with E-state index < -0.39 is 6.03 Å². The summed E-state index contributed by atoms with van der Waals surface area (Å²) in [6.07, 6.45) is 11.6. The van der Waals surface area contributed by atoms with E-state index in [-0.39, 0.29) is 24.6 Å². The monoisotopic (exact) mass is 635 g/mol. The zero-order chi connectivity index (χ0) is 35.3. The van der Waals surface area contributed by atoms with Crippen LogP contribution in [0.15, 0.2) is 61.2 Å². The molecule has 0 unspecified atom stereocenters. The molecule has 1 rings (SSSR count). The van der Waals surface area contributed by atoms with Gasteiger partial charge in [-0.2, -0.15) is 0 Å².